The van der Waals surface area contributed by atoms with Gasteiger partial charge in [-0.25, -0.2) is 13.8 Å². The van der Waals surface area contributed by atoms with Gasteiger partial charge in [0.15, 0.2) is 0 Å². The molecule has 9 nitrogen and oxygen atoms in total. The van der Waals surface area contributed by atoms with Crippen molar-refractivity contribution in [3.05, 3.63) is 35.9 Å². The molecule has 0 fully saturated rings. The SMILES string of the molecule is CCOC(=O)C1=NN=C([C@H](Cc2ccccc2)NC(=O)OC(C)(C)C)OS1=O. The van der Waals surface area contributed by atoms with Gasteiger partial charge in [0, 0.05) is 6.42 Å². The third-order valence-corrected chi connectivity index (χ3v) is 4.17. The maximum absolute atomic E-state index is 12.2. The molecule has 28 heavy (non-hydrogen) atoms. The summed E-state index contributed by atoms with van der Waals surface area (Å²) in [6, 6.07) is 8.47. The standard InChI is InChI=1S/C18H23N3O6S/c1-5-25-16(22)15-21-20-14(27-28(15)24)13(11-12-9-7-6-8-10-12)19-17(23)26-18(2,3)4/h6-10,13H,5,11H2,1-4H3,(H,19,23)/t13-,28?/m0/s1. The molecule has 0 saturated carbocycles. The summed E-state index contributed by atoms with van der Waals surface area (Å²) in [6.07, 6.45) is -0.397. The Bertz CT molecular complexity index is 801. The number of amides is 1. The average Bonchev–Trinajstić information content (AvgIpc) is 2.60. The van der Waals surface area contributed by atoms with E-state index in [1.165, 1.54) is 0 Å². The minimum Gasteiger partial charge on any atom is -0.461 e. The maximum Gasteiger partial charge on any atom is 0.408 e. The van der Waals surface area contributed by atoms with Crippen molar-refractivity contribution >= 4 is 34.1 Å². The first-order chi connectivity index (χ1) is 13.2. The van der Waals surface area contributed by atoms with Crippen molar-refractivity contribution in [2.75, 3.05) is 6.61 Å². The van der Waals surface area contributed by atoms with Gasteiger partial charge < -0.3 is 19.0 Å². The Labute approximate surface area is 165 Å². The van der Waals surface area contributed by atoms with E-state index in [4.69, 9.17) is 13.7 Å². The Hall–Kier alpha value is -2.75. The summed E-state index contributed by atoms with van der Waals surface area (Å²) < 4.78 is 27.5. The zero-order chi connectivity index (χ0) is 20.7. The summed E-state index contributed by atoms with van der Waals surface area (Å²) in [4.78, 5) is 23.9. The molecule has 0 bridgehead atoms. The van der Waals surface area contributed by atoms with Crippen molar-refractivity contribution in [3.63, 3.8) is 0 Å². The highest BCUT2D eigenvalue weighted by atomic mass is 32.2. The highest BCUT2D eigenvalue weighted by Crippen LogP contribution is 2.13. The van der Waals surface area contributed by atoms with Crippen LogP contribution in [0.3, 0.4) is 0 Å². The molecule has 2 rings (SSSR count). The predicted octanol–water partition coefficient (Wildman–Crippen LogP) is 2.09. The lowest BCUT2D eigenvalue weighted by molar-refractivity contribution is -0.134. The lowest BCUT2D eigenvalue weighted by Gasteiger charge is -2.24. The normalized spacial score (nSPS) is 17.5. The molecule has 1 N–H and O–H groups in total. The number of benzene rings is 1. The smallest absolute Gasteiger partial charge is 0.408 e. The Balaban J connectivity index is 2.24. The van der Waals surface area contributed by atoms with Gasteiger partial charge in [0.25, 0.3) is 16.1 Å². The third kappa shape index (κ3) is 6.45. The molecule has 1 heterocycles. The molecule has 0 aromatic heterocycles. The largest absolute Gasteiger partial charge is 0.461 e. The molecular formula is C18H23N3O6S. The van der Waals surface area contributed by atoms with E-state index >= 15 is 0 Å². The van der Waals surface area contributed by atoms with Crippen LogP contribution < -0.4 is 5.32 Å². The highest BCUT2D eigenvalue weighted by molar-refractivity contribution is 7.99. The van der Waals surface area contributed by atoms with Gasteiger partial charge in [-0.3, -0.25) is 0 Å². The number of ether oxygens (including phenoxy) is 2. The van der Waals surface area contributed by atoms with Gasteiger partial charge >= 0.3 is 12.1 Å². The van der Waals surface area contributed by atoms with E-state index in [2.05, 4.69) is 15.5 Å². The lowest BCUT2D eigenvalue weighted by atomic mass is 10.1. The third-order valence-electron chi connectivity index (χ3n) is 3.28. The Kier molecular flexibility index (Phi) is 7.27. The first kappa shape index (κ1) is 21.5. The van der Waals surface area contributed by atoms with E-state index in [1.807, 2.05) is 30.3 Å². The number of carbonyl (C=O) groups is 2. The summed E-state index contributed by atoms with van der Waals surface area (Å²) in [5.74, 6) is -0.968. The first-order valence-electron chi connectivity index (χ1n) is 8.66. The molecule has 10 heteroatoms. The van der Waals surface area contributed by atoms with Gasteiger partial charge in [0.2, 0.25) is 5.90 Å². The van der Waals surface area contributed by atoms with Crippen LogP contribution >= 0.6 is 0 Å². The molecule has 1 aromatic carbocycles. The summed E-state index contributed by atoms with van der Waals surface area (Å²) in [5, 5.41) is 9.70. The van der Waals surface area contributed by atoms with E-state index < -0.39 is 39.8 Å². The molecular weight excluding hydrogens is 386 g/mol. The van der Waals surface area contributed by atoms with Crippen LogP contribution in [0.2, 0.25) is 0 Å². The van der Waals surface area contributed by atoms with Crippen molar-refractivity contribution in [1.29, 1.82) is 0 Å². The van der Waals surface area contributed by atoms with Crippen molar-refractivity contribution in [2.24, 2.45) is 10.2 Å². The van der Waals surface area contributed by atoms with E-state index in [9.17, 15) is 13.8 Å². The monoisotopic (exact) mass is 409 g/mol. The topological polar surface area (TPSA) is 116 Å². The second-order valence-corrected chi connectivity index (χ2v) is 7.79. The molecule has 1 aliphatic heterocycles. The second-order valence-electron chi connectivity index (χ2n) is 6.77. The fraction of sp³-hybridized carbons (Fsp3) is 0.444. The fourth-order valence-electron chi connectivity index (χ4n) is 2.19. The number of nitrogens with zero attached hydrogens (tertiary/aromatic N) is 2. The second kappa shape index (κ2) is 9.45. The number of rotatable bonds is 6. The number of nitrogens with one attached hydrogen (secondary N) is 1. The molecule has 1 aliphatic rings. The molecule has 0 radical (unpaired) electrons. The minimum atomic E-state index is -2.20. The molecule has 1 aromatic rings. The maximum atomic E-state index is 12.2. The van der Waals surface area contributed by atoms with E-state index in [0.29, 0.717) is 6.42 Å². The first-order valence-corrected chi connectivity index (χ1v) is 9.73. The number of hydrogen-bond donors (Lipinski definition) is 1. The van der Waals surface area contributed by atoms with Crippen molar-refractivity contribution < 1.29 is 27.5 Å². The zero-order valence-electron chi connectivity index (χ0n) is 16.1. The number of carbonyl (C=O) groups excluding carboxylic acids is 2. The fourth-order valence-corrected chi connectivity index (χ4v) is 2.88. The van der Waals surface area contributed by atoms with E-state index in [-0.39, 0.29) is 12.5 Å². The van der Waals surface area contributed by atoms with Gasteiger partial charge in [-0.05, 0) is 33.3 Å². The average molecular weight is 409 g/mol. The highest BCUT2D eigenvalue weighted by Gasteiger charge is 2.33. The quantitative estimate of drug-likeness (QED) is 0.719. The molecule has 1 amide bonds. The van der Waals surface area contributed by atoms with Crippen LogP contribution in [0.25, 0.3) is 0 Å². The molecule has 152 valence electrons. The van der Waals surface area contributed by atoms with Crippen LogP contribution in [-0.4, -0.2) is 45.5 Å². The zero-order valence-corrected chi connectivity index (χ0v) is 16.9. The van der Waals surface area contributed by atoms with Gasteiger partial charge in [-0.1, -0.05) is 30.3 Å². The van der Waals surface area contributed by atoms with Crippen molar-refractivity contribution in [1.82, 2.24) is 5.32 Å². The van der Waals surface area contributed by atoms with Crippen molar-refractivity contribution in [3.8, 4) is 0 Å². The van der Waals surface area contributed by atoms with Crippen LogP contribution in [0.4, 0.5) is 4.79 Å². The van der Waals surface area contributed by atoms with Crippen LogP contribution in [0.1, 0.15) is 33.3 Å². The number of hydrogen-bond acceptors (Lipinski definition) is 8. The Morgan fingerprint density at radius 1 is 1.21 bits per heavy atom. The van der Waals surface area contributed by atoms with Gasteiger partial charge in [-0.2, -0.15) is 0 Å². The van der Waals surface area contributed by atoms with Crippen molar-refractivity contribution in [2.45, 2.75) is 45.8 Å². The Morgan fingerprint density at radius 2 is 1.89 bits per heavy atom. The van der Waals surface area contributed by atoms with Gasteiger partial charge in [0.05, 0.1) is 6.61 Å². The summed E-state index contributed by atoms with van der Waals surface area (Å²) in [6.45, 7) is 6.91. The van der Waals surface area contributed by atoms with Gasteiger partial charge in [0.1, 0.15) is 11.6 Å². The van der Waals surface area contributed by atoms with E-state index in [1.54, 1.807) is 27.7 Å². The lowest BCUT2D eigenvalue weighted by Crippen LogP contribution is -2.47. The number of alkyl carbamates (subject to hydrolysis) is 1. The van der Waals surface area contributed by atoms with E-state index in [0.717, 1.165) is 5.56 Å². The summed E-state index contributed by atoms with van der Waals surface area (Å²) in [5.41, 5.74) is 0.176. The Morgan fingerprint density at radius 3 is 2.46 bits per heavy atom. The number of esters is 1. The predicted molar refractivity (Wildman–Crippen MR) is 104 cm³/mol. The molecule has 2 atom stereocenters. The van der Waals surface area contributed by atoms with Crippen LogP contribution in [0, 0.1) is 0 Å². The van der Waals surface area contributed by atoms with Gasteiger partial charge in [-0.15, -0.1) is 10.2 Å². The minimum absolute atomic E-state index is 0.0962. The molecule has 0 spiro atoms. The summed E-state index contributed by atoms with van der Waals surface area (Å²) in [7, 11) is 0. The van der Waals surface area contributed by atoms with Crippen LogP contribution in [0.5, 0.6) is 0 Å². The summed E-state index contributed by atoms with van der Waals surface area (Å²) >= 11 is -2.20. The van der Waals surface area contributed by atoms with Crippen LogP contribution in [0.15, 0.2) is 40.5 Å². The molecule has 0 aliphatic carbocycles. The molecule has 1 unspecified atom stereocenters. The van der Waals surface area contributed by atoms with Crippen LogP contribution in [-0.2, 0) is 36.0 Å². The molecule has 0 saturated heterocycles.